The van der Waals surface area contributed by atoms with Crippen LogP contribution in [0.1, 0.15) is 34.1 Å². The van der Waals surface area contributed by atoms with E-state index in [1.807, 2.05) is 13.8 Å². The van der Waals surface area contributed by atoms with E-state index in [0.717, 1.165) is 6.42 Å². The molecule has 1 aliphatic rings. The van der Waals surface area contributed by atoms with Crippen LogP contribution in [-0.2, 0) is 9.53 Å². The molecule has 2 N–H and O–H groups in total. The fourth-order valence-corrected chi connectivity index (χ4v) is 2.67. The maximum atomic E-state index is 12.3. The van der Waals surface area contributed by atoms with Gasteiger partial charge in [0, 0.05) is 12.6 Å². The lowest BCUT2D eigenvalue weighted by atomic mass is 10.0. The molecule has 0 aromatic carbocycles. The van der Waals surface area contributed by atoms with E-state index in [0.29, 0.717) is 12.5 Å². The van der Waals surface area contributed by atoms with E-state index >= 15 is 0 Å². The third-order valence-electron chi connectivity index (χ3n) is 3.56. The Morgan fingerprint density at radius 2 is 2.00 bits per heavy atom. The molecule has 1 heterocycles. The minimum absolute atomic E-state index is 0.0714. The molecule has 0 spiro atoms. The van der Waals surface area contributed by atoms with Crippen molar-refractivity contribution in [1.82, 2.24) is 10.2 Å². The van der Waals surface area contributed by atoms with Crippen LogP contribution in [0, 0.1) is 11.8 Å². The zero-order valence-corrected chi connectivity index (χ0v) is 12.8. The van der Waals surface area contributed by atoms with Crippen LogP contribution in [0.15, 0.2) is 0 Å². The minimum atomic E-state index is -0.908. The predicted octanol–water partition coefficient (Wildman–Crippen LogP) is 1.55. The van der Waals surface area contributed by atoms with Crippen molar-refractivity contribution in [2.45, 2.75) is 46.2 Å². The van der Waals surface area contributed by atoms with Gasteiger partial charge in [0.1, 0.15) is 5.92 Å². The molecule has 116 valence electrons. The average Bonchev–Trinajstić information content (AvgIpc) is 2.77. The summed E-state index contributed by atoms with van der Waals surface area (Å²) in [6.07, 6.45) is 0.896. The minimum Gasteiger partial charge on any atom is -0.481 e. The number of nitrogens with one attached hydrogen (secondary N) is 1. The van der Waals surface area contributed by atoms with Gasteiger partial charge >= 0.3 is 12.0 Å². The maximum absolute atomic E-state index is 12.3. The SMILES string of the molecule is CCN(C(=O)NC(C)CC(C)C)C1COCC1C(=O)O. The van der Waals surface area contributed by atoms with Crippen molar-refractivity contribution in [1.29, 1.82) is 0 Å². The van der Waals surface area contributed by atoms with Gasteiger partial charge in [0.2, 0.25) is 0 Å². The normalized spacial score (nSPS) is 23.6. The molecule has 0 saturated carbocycles. The zero-order valence-electron chi connectivity index (χ0n) is 12.8. The first kappa shape index (κ1) is 16.8. The van der Waals surface area contributed by atoms with Gasteiger partial charge in [0.25, 0.3) is 0 Å². The van der Waals surface area contributed by atoms with Gasteiger partial charge in [-0.2, -0.15) is 0 Å². The second kappa shape index (κ2) is 7.47. The number of likely N-dealkylation sites (N-methyl/N-ethyl adjacent to an activating group) is 1. The molecule has 3 atom stereocenters. The molecule has 0 radical (unpaired) electrons. The molecule has 20 heavy (non-hydrogen) atoms. The Morgan fingerprint density at radius 3 is 2.50 bits per heavy atom. The number of carboxylic acids is 1. The van der Waals surface area contributed by atoms with Crippen LogP contribution in [0.2, 0.25) is 0 Å². The highest BCUT2D eigenvalue weighted by molar-refractivity contribution is 5.77. The van der Waals surface area contributed by atoms with E-state index < -0.39 is 11.9 Å². The van der Waals surface area contributed by atoms with E-state index in [1.54, 1.807) is 4.90 Å². The van der Waals surface area contributed by atoms with Gasteiger partial charge in [-0.25, -0.2) is 4.79 Å². The molecule has 0 aromatic rings. The maximum Gasteiger partial charge on any atom is 0.317 e. The van der Waals surface area contributed by atoms with Gasteiger partial charge in [-0.1, -0.05) is 13.8 Å². The number of ether oxygens (including phenoxy) is 1. The highest BCUT2D eigenvalue weighted by atomic mass is 16.5. The molecule has 0 aliphatic carbocycles. The Bertz CT molecular complexity index is 346. The third kappa shape index (κ3) is 4.37. The van der Waals surface area contributed by atoms with Gasteiger partial charge in [-0.15, -0.1) is 0 Å². The van der Waals surface area contributed by atoms with Gasteiger partial charge in [0.15, 0.2) is 0 Å². The molecule has 6 heteroatoms. The van der Waals surface area contributed by atoms with Crippen molar-refractivity contribution in [3.8, 4) is 0 Å². The van der Waals surface area contributed by atoms with Crippen LogP contribution >= 0.6 is 0 Å². The number of amides is 2. The van der Waals surface area contributed by atoms with Crippen LogP contribution in [0.4, 0.5) is 4.79 Å². The molecule has 0 aromatic heterocycles. The van der Waals surface area contributed by atoms with Crippen molar-refractivity contribution < 1.29 is 19.4 Å². The van der Waals surface area contributed by atoms with Gasteiger partial charge < -0.3 is 20.1 Å². The van der Waals surface area contributed by atoms with E-state index in [-0.39, 0.29) is 31.3 Å². The summed E-state index contributed by atoms with van der Waals surface area (Å²) in [5.74, 6) is -1.04. The Morgan fingerprint density at radius 1 is 1.35 bits per heavy atom. The molecule has 3 unspecified atom stereocenters. The van der Waals surface area contributed by atoms with E-state index in [4.69, 9.17) is 4.74 Å². The summed E-state index contributed by atoms with van der Waals surface area (Å²) in [6.45, 7) is 8.95. The van der Waals surface area contributed by atoms with E-state index in [1.165, 1.54) is 0 Å². The Labute approximate surface area is 120 Å². The molecule has 6 nitrogen and oxygen atoms in total. The van der Waals surface area contributed by atoms with E-state index in [9.17, 15) is 14.7 Å². The quantitative estimate of drug-likeness (QED) is 0.776. The van der Waals surface area contributed by atoms with Crippen LogP contribution in [0.5, 0.6) is 0 Å². The number of rotatable bonds is 6. The highest BCUT2D eigenvalue weighted by Crippen LogP contribution is 2.20. The summed E-state index contributed by atoms with van der Waals surface area (Å²) in [7, 11) is 0. The zero-order chi connectivity index (χ0) is 15.3. The van der Waals surface area contributed by atoms with Gasteiger partial charge in [-0.3, -0.25) is 4.79 Å². The van der Waals surface area contributed by atoms with Crippen LogP contribution < -0.4 is 5.32 Å². The molecule has 1 aliphatic heterocycles. The predicted molar refractivity (Wildman–Crippen MR) is 75.6 cm³/mol. The second-order valence-corrected chi connectivity index (χ2v) is 5.82. The van der Waals surface area contributed by atoms with Crippen LogP contribution in [0.25, 0.3) is 0 Å². The first-order valence-corrected chi connectivity index (χ1v) is 7.24. The first-order chi connectivity index (χ1) is 9.36. The number of carboxylic acid groups (broad SMARTS) is 1. The fraction of sp³-hybridized carbons (Fsp3) is 0.857. The van der Waals surface area contributed by atoms with Crippen molar-refractivity contribution in [3.63, 3.8) is 0 Å². The Balaban J connectivity index is 2.65. The Hall–Kier alpha value is -1.30. The number of carbonyl (C=O) groups excluding carboxylic acids is 1. The number of hydrogen-bond acceptors (Lipinski definition) is 3. The summed E-state index contributed by atoms with van der Waals surface area (Å²) < 4.78 is 5.23. The Kier molecular flexibility index (Phi) is 6.26. The molecule has 0 bridgehead atoms. The molecular formula is C14H26N2O4. The fourth-order valence-electron chi connectivity index (χ4n) is 2.67. The largest absolute Gasteiger partial charge is 0.481 e. The monoisotopic (exact) mass is 286 g/mol. The molecule has 1 saturated heterocycles. The van der Waals surface area contributed by atoms with Crippen molar-refractivity contribution in [3.05, 3.63) is 0 Å². The average molecular weight is 286 g/mol. The number of urea groups is 1. The van der Waals surface area contributed by atoms with Crippen LogP contribution in [-0.4, -0.2) is 53.8 Å². The number of hydrogen-bond donors (Lipinski definition) is 2. The van der Waals surface area contributed by atoms with Crippen molar-refractivity contribution in [2.24, 2.45) is 11.8 Å². The molecule has 1 rings (SSSR count). The van der Waals surface area contributed by atoms with Crippen molar-refractivity contribution >= 4 is 12.0 Å². The summed E-state index contributed by atoms with van der Waals surface area (Å²) in [5, 5.41) is 12.1. The lowest BCUT2D eigenvalue weighted by Crippen LogP contribution is -2.52. The summed E-state index contributed by atoms with van der Waals surface area (Å²) in [4.78, 5) is 25.0. The first-order valence-electron chi connectivity index (χ1n) is 7.24. The smallest absolute Gasteiger partial charge is 0.317 e. The molecule has 1 fully saturated rings. The summed E-state index contributed by atoms with van der Waals surface area (Å²) in [5.41, 5.74) is 0. The number of nitrogens with zero attached hydrogens (tertiary/aromatic N) is 1. The number of carbonyl (C=O) groups is 2. The summed E-state index contributed by atoms with van der Waals surface area (Å²) >= 11 is 0. The lowest BCUT2D eigenvalue weighted by molar-refractivity contribution is -0.142. The van der Waals surface area contributed by atoms with Crippen LogP contribution in [0.3, 0.4) is 0 Å². The number of aliphatic carboxylic acids is 1. The van der Waals surface area contributed by atoms with Crippen molar-refractivity contribution in [2.75, 3.05) is 19.8 Å². The molecule has 2 amide bonds. The van der Waals surface area contributed by atoms with Gasteiger partial charge in [0.05, 0.1) is 19.3 Å². The second-order valence-electron chi connectivity index (χ2n) is 5.82. The molecular weight excluding hydrogens is 260 g/mol. The summed E-state index contributed by atoms with van der Waals surface area (Å²) in [6, 6.07) is -0.520. The van der Waals surface area contributed by atoms with Gasteiger partial charge in [-0.05, 0) is 26.2 Å². The lowest BCUT2D eigenvalue weighted by Gasteiger charge is -2.31. The standard InChI is InChI=1S/C14H26N2O4/c1-5-16(12-8-20-7-11(12)13(17)18)14(19)15-10(4)6-9(2)3/h9-12H,5-8H2,1-4H3,(H,15,19)(H,17,18). The third-order valence-corrected chi connectivity index (χ3v) is 3.56. The highest BCUT2D eigenvalue weighted by Gasteiger charge is 2.39. The topological polar surface area (TPSA) is 78.9 Å². The van der Waals surface area contributed by atoms with E-state index in [2.05, 4.69) is 19.2 Å².